The lowest BCUT2D eigenvalue weighted by Crippen LogP contribution is -2.58. The molecule has 0 unspecified atom stereocenters. The molecule has 3 rings (SSSR count). The molecule has 1 amide bonds. The van der Waals surface area contributed by atoms with Crippen molar-refractivity contribution in [1.29, 1.82) is 0 Å². The van der Waals surface area contributed by atoms with E-state index in [-0.39, 0.29) is 18.0 Å². The quantitative estimate of drug-likeness (QED) is 0.852. The van der Waals surface area contributed by atoms with Gasteiger partial charge >= 0.3 is 0 Å². The summed E-state index contributed by atoms with van der Waals surface area (Å²) in [5.41, 5.74) is 0. The lowest BCUT2D eigenvalue weighted by Gasteiger charge is -2.43. The third-order valence-electron chi connectivity index (χ3n) is 4.86. The molecule has 1 aromatic rings. The molecule has 1 saturated heterocycles. The number of nitrogens with one attached hydrogen (secondary N) is 1. The number of aliphatic hydroxyl groups excluding tert-OH is 1. The minimum Gasteiger partial charge on any atom is -0.389 e. The normalized spacial score (nSPS) is 29.3. The number of morpholine rings is 1. The highest BCUT2D eigenvalue weighted by Crippen LogP contribution is 2.24. The van der Waals surface area contributed by atoms with Crippen molar-refractivity contribution in [3.63, 3.8) is 0 Å². The molecule has 2 N–H and O–H groups in total. The van der Waals surface area contributed by atoms with Crippen LogP contribution in [0.3, 0.4) is 0 Å². The molecule has 1 saturated carbocycles. The zero-order chi connectivity index (χ0) is 16.1. The van der Waals surface area contributed by atoms with Gasteiger partial charge in [0.2, 0.25) is 5.91 Å². The molecule has 128 valence electrons. The van der Waals surface area contributed by atoms with Crippen LogP contribution >= 0.6 is 11.3 Å². The smallest absolute Gasteiger partial charge is 0.220 e. The molecular formula is C17H26N2O3S. The van der Waals surface area contributed by atoms with Gasteiger partial charge in [-0.25, -0.2) is 0 Å². The number of hydrogen-bond acceptors (Lipinski definition) is 5. The van der Waals surface area contributed by atoms with E-state index >= 15 is 0 Å². The van der Waals surface area contributed by atoms with Crippen LogP contribution in [0.1, 0.15) is 30.6 Å². The minimum atomic E-state index is -0.479. The Labute approximate surface area is 141 Å². The first-order chi connectivity index (χ1) is 11.2. The van der Waals surface area contributed by atoms with Gasteiger partial charge in [-0.2, -0.15) is 0 Å². The Morgan fingerprint density at radius 3 is 2.96 bits per heavy atom. The van der Waals surface area contributed by atoms with E-state index in [0.29, 0.717) is 6.42 Å². The predicted octanol–water partition coefficient (Wildman–Crippen LogP) is 1.41. The Bertz CT molecular complexity index is 488. The highest BCUT2D eigenvalue weighted by molar-refractivity contribution is 7.09. The number of hydrogen-bond donors (Lipinski definition) is 2. The summed E-state index contributed by atoms with van der Waals surface area (Å²) in [6, 6.07) is 4.10. The molecule has 0 bridgehead atoms. The SMILES string of the molecule is O=C(CCc1cccs1)N[C@@H]1CCC[C@@H](N2CCOCC2)[C@@H]1O. The lowest BCUT2D eigenvalue weighted by molar-refractivity contribution is -0.124. The van der Waals surface area contributed by atoms with Crippen LogP contribution in [-0.2, 0) is 16.0 Å². The fourth-order valence-electron chi connectivity index (χ4n) is 3.59. The summed E-state index contributed by atoms with van der Waals surface area (Å²) < 4.78 is 5.39. The zero-order valence-electron chi connectivity index (χ0n) is 13.4. The first-order valence-corrected chi connectivity index (χ1v) is 9.43. The Balaban J connectivity index is 1.49. The van der Waals surface area contributed by atoms with Crippen molar-refractivity contribution in [1.82, 2.24) is 10.2 Å². The van der Waals surface area contributed by atoms with Crippen molar-refractivity contribution < 1.29 is 14.6 Å². The monoisotopic (exact) mass is 338 g/mol. The number of rotatable bonds is 5. The second-order valence-electron chi connectivity index (χ2n) is 6.39. The average Bonchev–Trinajstić information content (AvgIpc) is 3.09. The zero-order valence-corrected chi connectivity index (χ0v) is 14.3. The number of aryl methyl sites for hydroxylation is 1. The van der Waals surface area contributed by atoms with Gasteiger partial charge in [0.1, 0.15) is 0 Å². The van der Waals surface area contributed by atoms with Crippen LogP contribution in [0.15, 0.2) is 17.5 Å². The first-order valence-electron chi connectivity index (χ1n) is 8.55. The molecule has 2 fully saturated rings. The standard InChI is InChI=1S/C17H26N2O3S/c20-16(7-6-13-3-2-12-23-13)18-14-4-1-5-15(17(14)21)19-8-10-22-11-9-19/h2-3,12,14-15,17,21H,1,4-11H2,(H,18,20)/t14-,15-,17-/m1/s1. The maximum absolute atomic E-state index is 12.2. The number of carbonyl (C=O) groups excluding carboxylic acids is 1. The van der Waals surface area contributed by atoms with Gasteiger partial charge < -0.3 is 15.2 Å². The van der Waals surface area contributed by atoms with E-state index in [4.69, 9.17) is 4.74 Å². The third kappa shape index (κ3) is 4.53. The lowest BCUT2D eigenvalue weighted by atomic mass is 9.86. The van der Waals surface area contributed by atoms with Gasteiger partial charge in [-0.05, 0) is 37.1 Å². The van der Waals surface area contributed by atoms with E-state index < -0.39 is 6.10 Å². The fraction of sp³-hybridized carbons (Fsp3) is 0.706. The van der Waals surface area contributed by atoms with E-state index in [9.17, 15) is 9.90 Å². The van der Waals surface area contributed by atoms with E-state index in [1.165, 1.54) is 4.88 Å². The Hall–Kier alpha value is -0.950. The van der Waals surface area contributed by atoms with Crippen LogP contribution in [0.25, 0.3) is 0 Å². The largest absolute Gasteiger partial charge is 0.389 e. The Morgan fingerprint density at radius 2 is 2.22 bits per heavy atom. The van der Waals surface area contributed by atoms with Gasteiger partial charge in [-0.15, -0.1) is 11.3 Å². The van der Waals surface area contributed by atoms with E-state index in [2.05, 4.69) is 16.3 Å². The fourth-order valence-corrected chi connectivity index (χ4v) is 4.30. The summed E-state index contributed by atoms with van der Waals surface area (Å²) >= 11 is 1.68. The summed E-state index contributed by atoms with van der Waals surface area (Å²) in [5.74, 6) is 0.0464. The second kappa shape index (κ2) is 8.24. The topological polar surface area (TPSA) is 61.8 Å². The van der Waals surface area contributed by atoms with Crippen LogP contribution in [-0.4, -0.2) is 60.4 Å². The molecule has 2 aliphatic rings. The third-order valence-corrected chi connectivity index (χ3v) is 5.80. The van der Waals surface area contributed by atoms with Gasteiger partial charge in [0, 0.05) is 30.4 Å². The molecule has 6 heteroatoms. The molecule has 1 aromatic heterocycles. The van der Waals surface area contributed by atoms with Gasteiger partial charge in [0.15, 0.2) is 0 Å². The van der Waals surface area contributed by atoms with Gasteiger partial charge in [0.25, 0.3) is 0 Å². The van der Waals surface area contributed by atoms with Crippen LogP contribution < -0.4 is 5.32 Å². The molecule has 23 heavy (non-hydrogen) atoms. The molecular weight excluding hydrogens is 312 g/mol. The van der Waals surface area contributed by atoms with Crippen molar-refractivity contribution in [2.45, 2.75) is 50.3 Å². The van der Waals surface area contributed by atoms with Crippen LogP contribution in [0.4, 0.5) is 0 Å². The number of nitrogens with zero attached hydrogens (tertiary/aromatic N) is 1. The highest BCUT2D eigenvalue weighted by Gasteiger charge is 2.36. The molecule has 3 atom stereocenters. The summed E-state index contributed by atoms with van der Waals surface area (Å²) in [4.78, 5) is 15.7. The molecule has 0 spiro atoms. The Morgan fingerprint density at radius 1 is 1.39 bits per heavy atom. The van der Waals surface area contributed by atoms with Crippen LogP contribution in [0, 0.1) is 0 Å². The van der Waals surface area contributed by atoms with Crippen LogP contribution in [0.2, 0.25) is 0 Å². The molecule has 0 aromatic carbocycles. The molecule has 1 aliphatic carbocycles. The summed E-state index contributed by atoms with van der Waals surface area (Å²) in [6.07, 6.45) is 3.71. The van der Waals surface area contributed by atoms with Gasteiger partial charge in [-0.3, -0.25) is 9.69 Å². The predicted molar refractivity (Wildman–Crippen MR) is 90.6 cm³/mol. The second-order valence-corrected chi connectivity index (χ2v) is 7.42. The highest BCUT2D eigenvalue weighted by atomic mass is 32.1. The number of ether oxygens (including phenoxy) is 1. The van der Waals surface area contributed by atoms with E-state index in [1.807, 2.05) is 11.4 Å². The number of aliphatic hydroxyl groups is 1. The summed E-state index contributed by atoms with van der Waals surface area (Å²) in [7, 11) is 0. The molecule has 1 aliphatic heterocycles. The molecule has 0 radical (unpaired) electrons. The molecule has 2 heterocycles. The maximum Gasteiger partial charge on any atom is 0.220 e. The van der Waals surface area contributed by atoms with E-state index in [1.54, 1.807) is 11.3 Å². The van der Waals surface area contributed by atoms with Crippen molar-refractivity contribution in [3.8, 4) is 0 Å². The first kappa shape index (κ1) is 16.9. The number of carbonyl (C=O) groups is 1. The minimum absolute atomic E-state index is 0.0464. The number of thiophene rings is 1. The van der Waals surface area contributed by atoms with Crippen molar-refractivity contribution >= 4 is 17.2 Å². The maximum atomic E-state index is 12.2. The van der Waals surface area contributed by atoms with E-state index in [0.717, 1.165) is 52.0 Å². The average molecular weight is 338 g/mol. The van der Waals surface area contributed by atoms with Crippen molar-refractivity contribution in [2.24, 2.45) is 0 Å². The van der Waals surface area contributed by atoms with Gasteiger partial charge in [-0.1, -0.05) is 6.07 Å². The van der Waals surface area contributed by atoms with Crippen LogP contribution in [0.5, 0.6) is 0 Å². The summed E-state index contributed by atoms with van der Waals surface area (Å²) in [6.45, 7) is 3.23. The van der Waals surface area contributed by atoms with Crippen molar-refractivity contribution in [3.05, 3.63) is 22.4 Å². The van der Waals surface area contributed by atoms with Crippen molar-refractivity contribution in [2.75, 3.05) is 26.3 Å². The summed E-state index contributed by atoms with van der Waals surface area (Å²) in [5, 5.41) is 15.8. The van der Waals surface area contributed by atoms with Gasteiger partial charge in [0.05, 0.1) is 25.4 Å². The number of amides is 1. The molecule has 5 nitrogen and oxygen atoms in total. The Kier molecular flexibility index (Phi) is 6.05.